The normalized spacial score (nSPS) is 18.0. The fourth-order valence-corrected chi connectivity index (χ4v) is 2.49. The summed E-state index contributed by atoms with van der Waals surface area (Å²) in [7, 11) is 0. The molecule has 2 aromatic rings. The Bertz CT molecular complexity index is 597. The molecule has 8 heteroatoms. The Kier molecular flexibility index (Phi) is 3.94. The Morgan fingerprint density at radius 3 is 3.24 bits per heavy atom. The van der Waals surface area contributed by atoms with Crippen LogP contribution in [0.1, 0.15) is 37.0 Å². The second kappa shape index (κ2) is 6.02. The van der Waals surface area contributed by atoms with E-state index in [-0.39, 0.29) is 11.8 Å². The minimum Gasteiger partial charge on any atom is -0.359 e. The molecule has 3 heterocycles. The highest BCUT2D eigenvalue weighted by atomic mass is 16.5. The Hall–Kier alpha value is -2.25. The van der Waals surface area contributed by atoms with Crippen molar-refractivity contribution in [1.29, 1.82) is 0 Å². The van der Waals surface area contributed by atoms with Crippen molar-refractivity contribution in [3.8, 4) is 0 Å². The molecule has 0 saturated heterocycles. The molecule has 112 valence electrons. The van der Waals surface area contributed by atoms with Crippen molar-refractivity contribution in [3.63, 3.8) is 0 Å². The summed E-state index contributed by atoms with van der Waals surface area (Å²) in [6.07, 6.45) is 3.07. The van der Waals surface area contributed by atoms with Gasteiger partial charge < -0.3 is 9.84 Å². The molecule has 2 aromatic heterocycles. The van der Waals surface area contributed by atoms with Gasteiger partial charge in [0.05, 0.1) is 12.2 Å². The molecule has 8 nitrogen and oxygen atoms in total. The van der Waals surface area contributed by atoms with E-state index in [1.54, 1.807) is 4.68 Å². The summed E-state index contributed by atoms with van der Waals surface area (Å²) in [6, 6.07) is 1.87. The van der Waals surface area contributed by atoms with Crippen LogP contribution in [0.4, 0.5) is 0 Å². The van der Waals surface area contributed by atoms with Gasteiger partial charge in [-0.3, -0.25) is 4.79 Å². The van der Waals surface area contributed by atoms with Crippen molar-refractivity contribution in [2.45, 2.75) is 45.7 Å². The molecular formula is C13H18N6O2. The average molecular weight is 290 g/mol. The Labute approximate surface area is 121 Å². The summed E-state index contributed by atoms with van der Waals surface area (Å²) in [5.41, 5.74) is 0.901. The maximum atomic E-state index is 12.2. The molecule has 1 aliphatic rings. The van der Waals surface area contributed by atoms with Crippen molar-refractivity contribution < 1.29 is 9.32 Å². The number of hydrogen-bond donors (Lipinski definition) is 1. The maximum Gasteiger partial charge on any atom is 0.223 e. The van der Waals surface area contributed by atoms with E-state index in [1.165, 1.54) is 0 Å². The minimum absolute atomic E-state index is 0.0259. The van der Waals surface area contributed by atoms with Crippen molar-refractivity contribution in [3.05, 3.63) is 23.3 Å². The van der Waals surface area contributed by atoms with Gasteiger partial charge in [-0.1, -0.05) is 12.1 Å². The Morgan fingerprint density at radius 2 is 2.43 bits per heavy atom. The molecule has 0 bridgehead atoms. The molecule has 21 heavy (non-hydrogen) atoms. The van der Waals surface area contributed by atoms with Crippen LogP contribution in [0.2, 0.25) is 0 Å². The van der Waals surface area contributed by atoms with E-state index < -0.39 is 0 Å². The third kappa shape index (κ3) is 3.09. The van der Waals surface area contributed by atoms with Crippen LogP contribution in [0.25, 0.3) is 0 Å². The lowest BCUT2D eigenvalue weighted by Gasteiger charge is -2.12. The lowest BCUT2D eigenvalue weighted by Crippen LogP contribution is -2.30. The van der Waals surface area contributed by atoms with Gasteiger partial charge >= 0.3 is 0 Å². The molecular weight excluding hydrogens is 272 g/mol. The number of aryl methyl sites for hydroxylation is 3. The molecule has 0 unspecified atom stereocenters. The van der Waals surface area contributed by atoms with Crippen LogP contribution in [-0.2, 0) is 30.7 Å². The summed E-state index contributed by atoms with van der Waals surface area (Å²) < 4.78 is 6.93. The number of carbonyl (C=O) groups is 1. The smallest absolute Gasteiger partial charge is 0.223 e. The number of tetrazole rings is 1. The Morgan fingerprint density at radius 1 is 1.52 bits per heavy atom. The van der Waals surface area contributed by atoms with Gasteiger partial charge in [0.25, 0.3) is 0 Å². The van der Waals surface area contributed by atoms with E-state index in [0.29, 0.717) is 18.8 Å². The zero-order valence-electron chi connectivity index (χ0n) is 11.9. The summed E-state index contributed by atoms with van der Waals surface area (Å²) in [5, 5.41) is 18.3. The largest absolute Gasteiger partial charge is 0.359 e. The predicted molar refractivity (Wildman–Crippen MR) is 72.0 cm³/mol. The first kappa shape index (κ1) is 13.7. The van der Waals surface area contributed by atoms with Crippen molar-refractivity contribution in [1.82, 2.24) is 30.7 Å². The van der Waals surface area contributed by atoms with Crippen LogP contribution in [0.3, 0.4) is 0 Å². The third-order valence-electron chi connectivity index (χ3n) is 3.79. The number of nitrogens with zero attached hydrogens (tertiary/aromatic N) is 5. The quantitative estimate of drug-likeness (QED) is 0.880. The van der Waals surface area contributed by atoms with Crippen molar-refractivity contribution in [2.75, 3.05) is 0 Å². The standard InChI is InChI=1S/C13H18N6O2/c1-2-10-7-11(21-16-10)8-14-13(20)9-3-4-12-15-17-18-19(12)6-5-9/h7,9H,2-6,8H2,1H3,(H,14,20)/t9-/m0/s1. The van der Waals surface area contributed by atoms with E-state index in [2.05, 4.69) is 26.0 Å². The van der Waals surface area contributed by atoms with E-state index in [0.717, 1.165) is 37.2 Å². The summed E-state index contributed by atoms with van der Waals surface area (Å²) >= 11 is 0. The van der Waals surface area contributed by atoms with Crippen LogP contribution in [0, 0.1) is 5.92 Å². The molecule has 0 fully saturated rings. The molecule has 0 spiro atoms. The highest BCUT2D eigenvalue weighted by Gasteiger charge is 2.23. The zero-order chi connectivity index (χ0) is 14.7. The number of amides is 1. The molecule has 0 saturated carbocycles. The SMILES string of the molecule is CCc1cc(CNC(=O)[C@H]2CCc3nnnn3CC2)on1. The maximum absolute atomic E-state index is 12.2. The van der Waals surface area contributed by atoms with E-state index in [4.69, 9.17) is 4.52 Å². The number of fused-ring (bicyclic) bond motifs is 1. The second-order valence-electron chi connectivity index (χ2n) is 5.20. The van der Waals surface area contributed by atoms with E-state index >= 15 is 0 Å². The van der Waals surface area contributed by atoms with Gasteiger partial charge in [0.1, 0.15) is 0 Å². The lowest BCUT2D eigenvalue weighted by molar-refractivity contribution is -0.125. The first-order chi connectivity index (χ1) is 10.3. The highest BCUT2D eigenvalue weighted by molar-refractivity contribution is 5.78. The van der Waals surface area contributed by atoms with Gasteiger partial charge in [0, 0.05) is 24.9 Å². The van der Waals surface area contributed by atoms with Gasteiger partial charge in [0.2, 0.25) is 5.91 Å². The van der Waals surface area contributed by atoms with Gasteiger partial charge in [-0.15, -0.1) is 5.10 Å². The number of carbonyl (C=O) groups excluding carboxylic acids is 1. The third-order valence-corrected chi connectivity index (χ3v) is 3.79. The number of hydrogen-bond acceptors (Lipinski definition) is 6. The van der Waals surface area contributed by atoms with Crippen molar-refractivity contribution in [2.24, 2.45) is 5.92 Å². The first-order valence-electron chi connectivity index (χ1n) is 7.23. The monoisotopic (exact) mass is 290 g/mol. The van der Waals surface area contributed by atoms with Gasteiger partial charge in [-0.25, -0.2) is 4.68 Å². The minimum atomic E-state index is -0.0259. The molecule has 0 radical (unpaired) electrons. The van der Waals surface area contributed by atoms with Gasteiger partial charge in [-0.2, -0.15) is 0 Å². The average Bonchev–Trinajstić information content (AvgIpc) is 3.10. The topological polar surface area (TPSA) is 98.7 Å². The van der Waals surface area contributed by atoms with Crippen LogP contribution in [0.15, 0.2) is 10.6 Å². The molecule has 0 aromatic carbocycles. The summed E-state index contributed by atoms with van der Waals surface area (Å²) in [4.78, 5) is 12.2. The van der Waals surface area contributed by atoms with Crippen molar-refractivity contribution >= 4 is 5.91 Å². The molecule has 1 amide bonds. The molecule has 0 aliphatic carbocycles. The number of aromatic nitrogens is 5. The first-order valence-corrected chi connectivity index (χ1v) is 7.23. The fraction of sp³-hybridized carbons (Fsp3) is 0.615. The van der Waals surface area contributed by atoms with Crippen LogP contribution >= 0.6 is 0 Å². The summed E-state index contributed by atoms with van der Waals surface area (Å²) in [5.74, 6) is 1.56. The molecule has 1 aliphatic heterocycles. The predicted octanol–water partition coefficient (Wildman–Crippen LogP) is 0.492. The van der Waals surface area contributed by atoms with E-state index in [1.807, 2.05) is 13.0 Å². The highest BCUT2D eigenvalue weighted by Crippen LogP contribution is 2.18. The lowest BCUT2D eigenvalue weighted by atomic mass is 9.99. The zero-order valence-corrected chi connectivity index (χ0v) is 11.9. The number of nitrogens with one attached hydrogen (secondary N) is 1. The van der Waals surface area contributed by atoms with Crippen LogP contribution < -0.4 is 5.32 Å². The van der Waals surface area contributed by atoms with Gasteiger partial charge in [-0.05, 0) is 29.7 Å². The summed E-state index contributed by atoms with van der Waals surface area (Å²) in [6.45, 7) is 3.08. The second-order valence-corrected chi connectivity index (χ2v) is 5.20. The number of rotatable bonds is 4. The molecule has 1 N–H and O–H groups in total. The van der Waals surface area contributed by atoms with Gasteiger partial charge in [0.15, 0.2) is 11.6 Å². The van der Waals surface area contributed by atoms with Crippen LogP contribution in [-0.4, -0.2) is 31.3 Å². The molecule has 1 atom stereocenters. The molecule has 3 rings (SSSR count). The van der Waals surface area contributed by atoms with E-state index in [9.17, 15) is 4.79 Å². The fourth-order valence-electron chi connectivity index (χ4n) is 2.49. The van der Waals surface area contributed by atoms with Crippen LogP contribution in [0.5, 0.6) is 0 Å². The Balaban J connectivity index is 1.52.